The topological polar surface area (TPSA) is 35.2 Å². The van der Waals surface area contributed by atoms with E-state index in [1.165, 1.54) is 0 Å². The summed E-state index contributed by atoms with van der Waals surface area (Å²) in [6.45, 7) is 4.74. The molecule has 0 aliphatic carbocycles. The molecule has 2 N–H and O–H groups in total. The van der Waals surface area contributed by atoms with Crippen LogP contribution in [0.2, 0.25) is 0 Å². The van der Waals surface area contributed by atoms with Crippen LogP contribution in [0.15, 0.2) is 0 Å². The molecule has 0 heterocycles. The summed E-state index contributed by atoms with van der Waals surface area (Å²) in [5.41, 5.74) is 5.57. The average Bonchev–Trinajstić information content (AvgIpc) is 1.59. The van der Waals surface area contributed by atoms with E-state index in [4.69, 9.17) is 10.5 Å². The Morgan fingerprint density at radius 3 is 2.12 bits per heavy atom. The maximum Gasteiger partial charge on any atom is 0.0479 e. The van der Waals surface area contributed by atoms with E-state index >= 15 is 0 Å². The number of methoxy groups -OCH3 is 1. The molecule has 50 valence electrons. The van der Waals surface area contributed by atoms with Crippen LogP contribution >= 0.6 is 0 Å². The molecule has 0 saturated heterocycles. The van der Waals surface area contributed by atoms with Crippen molar-refractivity contribution in [3.8, 4) is 0 Å². The van der Waals surface area contributed by atoms with Crippen LogP contribution in [0.5, 0.6) is 0 Å². The SMILES string of the molecule is COCCC(C)(C)N. The molecule has 0 aliphatic rings. The molecule has 0 amide bonds. The zero-order valence-electron chi connectivity index (χ0n) is 5.90. The lowest BCUT2D eigenvalue weighted by molar-refractivity contribution is 0.176. The second-order valence-electron chi connectivity index (χ2n) is 2.73. The first-order valence-electron chi connectivity index (χ1n) is 2.84. The highest BCUT2D eigenvalue weighted by Crippen LogP contribution is 2.01. The minimum atomic E-state index is -0.0734. The van der Waals surface area contributed by atoms with Gasteiger partial charge in [0, 0.05) is 19.3 Å². The highest BCUT2D eigenvalue weighted by atomic mass is 16.5. The van der Waals surface area contributed by atoms with Crippen LogP contribution < -0.4 is 5.73 Å². The molecule has 0 rings (SSSR count). The zero-order chi connectivity index (χ0) is 6.62. The predicted molar refractivity (Wildman–Crippen MR) is 34.8 cm³/mol. The van der Waals surface area contributed by atoms with Gasteiger partial charge in [0.15, 0.2) is 0 Å². The Balaban J connectivity index is 3.11. The number of ether oxygens (including phenoxy) is 1. The van der Waals surface area contributed by atoms with Crippen LogP contribution in [0.4, 0.5) is 0 Å². The predicted octanol–water partition coefficient (Wildman–Crippen LogP) is 0.760. The van der Waals surface area contributed by atoms with E-state index in [1.54, 1.807) is 7.11 Å². The highest BCUT2D eigenvalue weighted by molar-refractivity contribution is 4.70. The summed E-state index contributed by atoms with van der Waals surface area (Å²) in [6, 6.07) is 0. The van der Waals surface area contributed by atoms with Crippen molar-refractivity contribution in [1.29, 1.82) is 0 Å². The minimum Gasteiger partial charge on any atom is -0.385 e. The van der Waals surface area contributed by atoms with Crippen molar-refractivity contribution in [3.63, 3.8) is 0 Å². The molecule has 8 heavy (non-hydrogen) atoms. The molecule has 0 radical (unpaired) electrons. The van der Waals surface area contributed by atoms with Crippen molar-refractivity contribution in [2.75, 3.05) is 13.7 Å². The van der Waals surface area contributed by atoms with Gasteiger partial charge in [-0.2, -0.15) is 0 Å². The van der Waals surface area contributed by atoms with Gasteiger partial charge in [0.05, 0.1) is 0 Å². The van der Waals surface area contributed by atoms with Gasteiger partial charge in [-0.1, -0.05) is 0 Å². The van der Waals surface area contributed by atoms with Crippen molar-refractivity contribution >= 4 is 0 Å². The molecule has 0 fully saturated rings. The number of hydrogen-bond donors (Lipinski definition) is 1. The summed E-state index contributed by atoms with van der Waals surface area (Å²) in [5.74, 6) is 0. The van der Waals surface area contributed by atoms with Crippen LogP contribution in [-0.4, -0.2) is 19.3 Å². The van der Waals surface area contributed by atoms with Crippen molar-refractivity contribution < 1.29 is 4.74 Å². The fourth-order valence-electron chi connectivity index (χ4n) is 0.365. The maximum absolute atomic E-state index is 5.64. The fourth-order valence-corrected chi connectivity index (χ4v) is 0.365. The summed E-state index contributed by atoms with van der Waals surface area (Å²) in [5, 5.41) is 0. The standard InChI is InChI=1S/C6H15NO/c1-6(2,7)4-5-8-3/h4-5,7H2,1-3H3. The van der Waals surface area contributed by atoms with Gasteiger partial charge in [-0.3, -0.25) is 0 Å². The second-order valence-corrected chi connectivity index (χ2v) is 2.73. The first kappa shape index (κ1) is 7.92. The van der Waals surface area contributed by atoms with E-state index in [1.807, 2.05) is 13.8 Å². The minimum absolute atomic E-state index is 0.0734. The van der Waals surface area contributed by atoms with E-state index in [0.29, 0.717) is 0 Å². The summed E-state index contributed by atoms with van der Waals surface area (Å²) >= 11 is 0. The molecule has 0 spiro atoms. The summed E-state index contributed by atoms with van der Waals surface area (Å²) < 4.78 is 4.84. The number of nitrogens with two attached hydrogens (primary N) is 1. The lowest BCUT2D eigenvalue weighted by Gasteiger charge is -2.16. The molecule has 0 aromatic carbocycles. The van der Waals surface area contributed by atoms with Crippen molar-refractivity contribution in [2.24, 2.45) is 5.73 Å². The van der Waals surface area contributed by atoms with Crippen LogP contribution in [0, 0.1) is 0 Å². The molecule has 0 aliphatic heterocycles. The second kappa shape index (κ2) is 3.05. The zero-order valence-corrected chi connectivity index (χ0v) is 5.90. The third kappa shape index (κ3) is 5.92. The molecule has 0 aromatic heterocycles. The lowest BCUT2D eigenvalue weighted by Crippen LogP contribution is -2.32. The summed E-state index contributed by atoms with van der Waals surface area (Å²) in [4.78, 5) is 0. The van der Waals surface area contributed by atoms with Crippen molar-refractivity contribution in [1.82, 2.24) is 0 Å². The number of hydrogen-bond acceptors (Lipinski definition) is 2. The first-order chi connectivity index (χ1) is 3.56. The normalized spacial score (nSPS) is 12.0. The van der Waals surface area contributed by atoms with Gasteiger partial charge in [0.2, 0.25) is 0 Å². The molecule has 2 heteroatoms. The smallest absolute Gasteiger partial charge is 0.0479 e. The Bertz CT molecular complexity index is 56.0. The van der Waals surface area contributed by atoms with Gasteiger partial charge < -0.3 is 10.5 Å². The fraction of sp³-hybridized carbons (Fsp3) is 1.00. The van der Waals surface area contributed by atoms with Crippen molar-refractivity contribution in [2.45, 2.75) is 25.8 Å². The Morgan fingerprint density at radius 2 is 2.00 bits per heavy atom. The highest BCUT2D eigenvalue weighted by Gasteiger charge is 2.08. The Kier molecular flexibility index (Phi) is 3.02. The summed E-state index contributed by atoms with van der Waals surface area (Å²) in [7, 11) is 1.69. The van der Waals surface area contributed by atoms with Crippen LogP contribution in [0.1, 0.15) is 20.3 Å². The molecule has 2 nitrogen and oxygen atoms in total. The van der Waals surface area contributed by atoms with Crippen LogP contribution in [0.3, 0.4) is 0 Å². The van der Waals surface area contributed by atoms with E-state index in [-0.39, 0.29) is 5.54 Å². The van der Waals surface area contributed by atoms with E-state index < -0.39 is 0 Å². The summed E-state index contributed by atoms with van der Waals surface area (Å²) in [6.07, 6.45) is 0.920. The molecule has 0 atom stereocenters. The molecular weight excluding hydrogens is 102 g/mol. The van der Waals surface area contributed by atoms with Crippen LogP contribution in [0.25, 0.3) is 0 Å². The van der Waals surface area contributed by atoms with Gasteiger partial charge in [0.25, 0.3) is 0 Å². The maximum atomic E-state index is 5.64. The Labute approximate surface area is 51.0 Å². The monoisotopic (exact) mass is 117 g/mol. The average molecular weight is 117 g/mol. The third-order valence-electron chi connectivity index (χ3n) is 0.951. The van der Waals surface area contributed by atoms with Crippen LogP contribution in [-0.2, 0) is 4.74 Å². The molecule has 0 aromatic rings. The van der Waals surface area contributed by atoms with Gasteiger partial charge >= 0.3 is 0 Å². The molecule has 0 bridgehead atoms. The Hall–Kier alpha value is -0.0800. The molecule has 0 saturated carbocycles. The van der Waals surface area contributed by atoms with E-state index in [0.717, 1.165) is 13.0 Å². The van der Waals surface area contributed by atoms with Gasteiger partial charge in [-0.05, 0) is 20.3 Å². The number of rotatable bonds is 3. The van der Waals surface area contributed by atoms with E-state index in [2.05, 4.69) is 0 Å². The third-order valence-corrected chi connectivity index (χ3v) is 0.951. The largest absolute Gasteiger partial charge is 0.385 e. The van der Waals surface area contributed by atoms with E-state index in [9.17, 15) is 0 Å². The van der Waals surface area contributed by atoms with Gasteiger partial charge in [-0.15, -0.1) is 0 Å². The first-order valence-corrected chi connectivity index (χ1v) is 2.84. The lowest BCUT2D eigenvalue weighted by atomic mass is 10.0. The van der Waals surface area contributed by atoms with Gasteiger partial charge in [0.1, 0.15) is 0 Å². The molecular formula is C6H15NO. The quantitative estimate of drug-likeness (QED) is 0.592. The Morgan fingerprint density at radius 1 is 1.50 bits per heavy atom. The van der Waals surface area contributed by atoms with Gasteiger partial charge in [-0.25, -0.2) is 0 Å². The van der Waals surface area contributed by atoms with Crippen molar-refractivity contribution in [3.05, 3.63) is 0 Å². The molecule has 0 unspecified atom stereocenters.